The third kappa shape index (κ3) is 2.52. The van der Waals surface area contributed by atoms with Crippen molar-refractivity contribution < 1.29 is 23.2 Å². The molecule has 1 aromatic carbocycles. The number of nitrogens with zero attached hydrogens (tertiary/aromatic N) is 2. The van der Waals surface area contributed by atoms with Crippen molar-refractivity contribution in [3.05, 3.63) is 53.4 Å². The van der Waals surface area contributed by atoms with Gasteiger partial charge < -0.3 is 14.5 Å². The summed E-state index contributed by atoms with van der Waals surface area (Å²) in [5.74, 6) is -1.70. The molecule has 1 aliphatic rings. The molecule has 1 saturated heterocycles. The Balaban J connectivity index is 1.96. The predicted octanol–water partition coefficient (Wildman–Crippen LogP) is 1.90. The second-order valence-corrected chi connectivity index (χ2v) is 4.91. The van der Waals surface area contributed by atoms with E-state index in [1.165, 1.54) is 17.2 Å². The molecule has 2 aromatic rings. The van der Waals surface area contributed by atoms with E-state index in [1.54, 1.807) is 0 Å². The van der Waals surface area contributed by atoms with Crippen LogP contribution >= 0.6 is 0 Å². The van der Waals surface area contributed by atoms with Crippen LogP contribution in [0.25, 0.3) is 0 Å². The summed E-state index contributed by atoms with van der Waals surface area (Å²) in [6.07, 6.45) is 0.593. The summed E-state index contributed by atoms with van der Waals surface area (Å²) in [7, 11) is 0. The van der Waals surface area contributed by atoms with Crippen LogP contribution < -0.4 is 0 Å². The van der Waals surface area contributed by atoms with E-state index < -0.39 is 29.7 Å². The lowest BCUT2D eigenvalue weighted by molar-refractivity contribution is 0.0703. The number of hydrogen-bond donors (Lipinski definition) is 1. The van der Waals surface area contributed by atoms with Crippen LogP contribution in [0, 0.1) is 11.6 Å². The van der Waals surface area contributed by atoms with Crippen LogP contribution in [-0.2, 0) is 0 Å². The summed E-state index contributed by atoms with van der Waals surface area (Å²) in [6.45, 7) is 0.0340. The normalized spacial score (nSPS) is 21.8. The van der Waals surface area contributed by atoms with Crippen LogP contribution in [-0.4, -0.2) is 33.7 Å². The van der Waals surface area contributed by atoms with E-state index in [4.69, 9.17) is 0 Å². The molecule has 7 heteroatoms. The van der Waals surface area contributed by atoms with E-state index in [0.717, 1.165) is 18.2 Å². The summed E-state index contributed by atoms with van der Waals surface area (Å²) >= 11 is 0. The molecule has 1 fully saturated rings. The fourth-order valence-corrected chi connectivity index (χ4v) is 2.57. The number of carbonyl (C=O) groups excluding carboxylic acids is 1. The van der Waals surface area contributed by atoms with Crippen molar-refractivity contribution in [2.45, 2.75) is 18.6 Å². The lowest BCUT2D eigenvalue weighted by Crippen LogP contribution is -2.32. The Morgan fingerprint density at radius 2 is 2.19 bits per heavy atom. The van der Waals surface area contributed by atoms with Gasteiger partial charge in [-0.15, -0.1) is 0 Å². The van der Waals surface area contributed by atoms with Crippen molar-refractivity contribution in [1.29, 1.82) is 0 Å². The monoisotopic (exact) mass is 294 g/mol. The maximum absolute atomic E-state index is 13.9. The van der Waals surface area contributed by atoms with Crippen LogP contribution in [0.5, 0.6) is 0 Å². The van der Waals surface area contributed by atoms with Gasteiger partial charge in [0.05, 0.1) is 12.1 Å². The number of β-amino-alcohol motifs (C(OH)–C–C–N with tert-alkyl or cyclic N) is 1. The van der Waals surface area contributed by atoms with Crippen molar-refractivity contribution in [2.24, 2.45) is 0 Å². The van der Waals surface area contributed by atoms with Gasteiger partial charge in [0.2, 0.25) is 0 Å². The molecule has 2 atom stereocenters. The standard InChI is InChI=1S/C14H12F2N2O3/c15-8-1-2-11(16)10(5-8)13-6-9(19)7-18(13)14(20)12-3-4-21-17-12/h1-5,9,13,19H,6-7H2/t9-,13+/m1/s1. The molecule has 0 unspecified atom stereocenters. The minimum Gasteiger partial charge on any atom is -0.391 e. The molecule has 5 nitrogen and oxygen atoms in total. The van der Waals surface area contributed by atoms with Gasteiger partial charge in [0, 0.05) is 18.2 Å². The second kappa shape index (κ2) is 5.25. The highest BCUT2D eigenvalue weighted by atomic mass is 19.1. The molecule has 1 amide bonds. The Labute approximate surface area is 118 Å². The molecule has 21 heavy (non-hydrogen) atoms. The number of aliphatic hydroxyl groups excluding tert-OH is 1. The minimum absolute atomic E-state index is 0.0340. The number of amides is 1. The number of halogens is 2. The highest BCUT2D eigenvalue weighted by Gasteiger charge is 2.38. The maximum atomic E-state index is 13.9. The third-order valence-electron chi connectivity index (χ3n) is 3.51. The van der Waals surface area contributed by atoms with Gasteiger partial charge >= 0.3 is 0 Å². The fraction of sp³-hybridized carbons (Fsp3) is 0.286. The molecule has 1 aliphatic heterocycles. The van der Waals surface area contributed by atoms with Gasteiger partial charge in [0.1, 0.15) is 17.9 Å². The largest absolute Gasteiger partial charge is 0.391 e. The van der Waals surface area contributed by atoms with Gasteiger partial charge in [0.25, 0.3) is 5.91 Å². The van der Waals surface area contributed by atoms with E-state index in [1.807, 2.05) is 0 Å². The second-order valence-electron chi connectivity index (χ2n) is 4.91. The predicted molar refractivity (Wildman–Crippen MR) is 67.3 cm³/mol. The van der Waals surface area contributed by atoms with Crippen molar-refractivity contribution >= 4 is 5.91 Å². The lowest BCUT2D eigenvalue weighted by Gasteiger charge is -2.24. The molecule has 0 aliphatic carbocycles. The van der Waals surface area contributed by atoms with Gasteiger partial charge in [-0.05, 0) is 24.6 Å². The molecule has 0 radical (unpaired) electrons. The molecule has 3 rings (SSSR count). The number of hydrogen-bond acceptors (Lipinski definition) is 4. The molecule has 1 N–H and O–H groups in total. The Morgan fingerprint density at radius 3 is 2.90 bits per heavy atom. The Bertz CT molecular complexity index is 660. The first kappa shape index (κ1) is 13.7. The molecule has 0 spiro atoms. The summed E-state index contributed by atoms with van der Waals surface area (Å²) in [6, 6.07) is 3.70. The van der Waals surface area contributed by atoms with Crippen LogP contribution in [0.15, 0.2) is 35.1 Å². The number of likely N-dealkylation sites (tertiary alicyclic amines) is 1. The average molecular weight is 294 g/mol. The molecule has 0 saturated carbocycles. The van der Waals surface area contributed by atoms with Crippen LogP contribution in [0.1, 0.15) is 28.5 Å². The number of benzene rings is 1. The number of rotatable bonds is 2. The zero-order valence-electron chi connectivity index (χ0n) is 10.9. The minimum atomic E-state index is -0.798. The SMILES string of the molecule is O=C(c1ccon1)N1C[C@H](O)C[C@H]1c1cc(F)ccc1F. The smallest absolute Gasteiger partial charge is 0.276 e. The highest BCUT2D eigenvalue weighted by Crippen LogP contribution is 2.34. The molecule has 2 heterocycles. The Kier molecular flexibility index (Phi) is 3.42. The first-order valence-corrected chi connectivity index (χ1v) is 6.40. The number of carbonyl (C=O) groups is 1. The molecular weight excluding hydrogens is 282 g/mol. The van der Waals surface area contributed by atoms with Gasteiger partial charge in [-0.1, -0.05) is 5.16 Å². The van der Waals surface area contributed by atoms with E-state index in [-0.39, 0.29) is 24.2 Å². The van der Waals surface area contributed by atoms with Gasteiger partial charge in [0.15, 0.2) is 5.69 Å². The third-order valence-corrected chi connectivity index (χ3v) is 3.51. The summed E-state index contributed by atoms with van der Waals surface area (Å²) in [4.78, 5) is 13.6. The summed E-state index contributed by atoms with van der Waals surface area (Å²) in [5.41, 5.74) is 0.106. The first-order chi connectivity index (χ1) is 10.1. The fourth-order valence-electron chi connectivity index (χ4n) is 2.57. The zero-order valence-corrected chi connectivity index (χ0v) is 10.9. The first-order valence-electron chi connectivity index (χ1n) is 6.40. The summed E-state index contributed by atoms with van der Waals surface area (Å²) < 4.78 is 31.9. The van der Waals surface area contributed by atoms with Crippen LogP contribution in [0.4, 0.5) is 8.78 Å². The van der Waals surface area contributed by atoms with E-state index in [0.29, 0.717) is 0 Å². The summed E-state index contributed by atoms with van der Waals surface area (Å²) in [5, 5.41) is 13.3. The van der Waals surface area contributed by atoms with Gasteiger partial charge in [-0.2, -0.15) is 0 Å². The quantitative estimate of drug-likeness (QED) is 0.918. The van der Waals surface area contributed by atoms with Crippen LogP contribution in [0.2, 0.25) is 0 Å². The zero-order chi connectivity index (χ0) is 15.0. The average Bonchev–Trinajstić information content (AvgIpc) is 3.10. The molecule has 110 valence electrons. The van der Waals surface area contributed by atoms with E-state index in [2.05, 4.69) is 9.68 Å². The van der Waals surface area contributed by atoms with Crippen molar-refractivity contribution in [3.8, 4) is 0 Å². The highest BCUT2D eigenvalue weighted by molar-refractivity contribution is 5.92. The van der Waals surface area contributed by atoms with Crippen molar-refractivity contribution in [2.75, 3.05) is 6.54 Å². The number of aromatic nitrogens is 1. The van der Waals surface area contributed by atoms with Gasteiger partial charge in [-0.3, -0.25) is 4.79 Å². The Morgan fingerprint density at radius 1 is 1.38 bits per heavy atom. The lowest BCUT2D eigenvalue weighted by atomic mass is 10.0. The van der Waals surface area contributed by atoms with Crippen LogP contribution in [0.3, 0.4) is 0 Å². The maximum Gasteiger partial charge on any atom is 0.276 e. The van der Waals surface area contributed by atoms with Gasteiger partial charge in [-0.25, -0.2) is 8.78 Å². The van der Waals surface area contributed by atoms with Crippen molar-refractivity contribution in [1.82, 2.24) is 10.1 Å². The number of aliphatic hydroxyl groups is 1. The molecule has 0 bridgehead atoms. The molecular formula is C14H12F2N2O3. The topological polar surface area (TPSA) is 66.6 Å². The Hall–Kier alpha value is -2.28. The van der Waals surface area contributed by atoms with E-state index in [9.17, 15) is 18.7 Å². The van der Waals surface area contributed by atoms with Crippen molar-refractivity contribution in [3.63, 3.8) is 0 Å². The van der Waals surface area contributed by atoms with E-state index >= 15 is 0 Å². The molecule has 1 aromatic heterocycles.